The molecule has 1 atom stereocenters. The molecule has 2 aromatic rings. The number of hydrogen-bond acceptors (Lipinski definition) is 5. The van der Waals surface area contributed by atoms with Crippen LogP contribution in [0.1, 0.15) is 35.4 Å². The summed E-state index contributed by atoms with van der Waals surface area (Å²) in [5.74, 6) is 1.51. The van der Waals surface area contributed by atoms with Crippen molar-refractivity contribution in [1.82, 2.24) is 14.7 Å². The van der Waals surface area contributed by atoms with Crippen LogP contribution in [0.25, 0.3) is 0 Å². The van der Waals surface area contributed by atoms with Crippen molar-refractivity contribution in [3.05, 3.63) is 40.7 Å². The standard InChI is InChI=1S/C20H25N3O4/c1-13-16(14(2)22(3)21-13)11-23(20(24)18-5-4-8-25-18)10-15-6-7-17-19(9-15)27-12-26-17/h6-7,9,18H,4-5,8,10-12H2,1-3H3/t18-/m1/s1. The van der Waals surface area contributed by atoms with Crippen LogP contribution in [0.2, 0.25) is 0 Å². The quantitative estimate of drug-likeness (QED) is 0.808. The Hall–Kier alpha value is -2.54. The predicted octanol–water partition coefficient (Wildman–Crippen LogP) is 2.47. The second kappa shape index (κ2) is 7.23. The van der Waals surface area contributed by atoms with Crippen LogP contribution in [0.15, 0.2) is 18.2 Å². The van der Waals surface area contributed by atoms with Gasteiger partial charge in [0, 0.05) is 38.0 Å². The lowest BCUT2D eigenvalue weighted by atomic mass is 10.1. The van der Waals surface area contributed by atoms with E-state index >= 15 is 0 Å². The number of carbonyl (C=O) groups excluding carboxylic acids is 1. The van der Waals surface area contributed by atoms with E-state index in [1.165, 1.54) is 0 Å². The minimum atomic E-state index is -0.351. The van der Waals surface area contributed by atoms with Gasteiger partial charge in [0.05, 0.1) is 5.69 Å². The molecular weight excluding hydrogens is 346 g/mol. The molecule has 2 aliphatic heterocycles. The van der Waals surface area contributed by atoms with E-state index in [9.17, 15) is 4.79 Å². The van der Waals surface area contributed by atoms with Crippen LogP contribution in [0, 0.1) is 13.8 Å². The van der Waals surface area contributed by atoms with Gasteiger partial charge in [-0.25, -0.2) is 0 Å². The summed E-state index contributed by atoms with van der Waals surface area (Å²) in [6, 6.07) is 5.82. The SMILES string of the molecule is Cc1nn(C)c(C)c1CN(Cc1ccc2c(c1)OCO2)C(=O)[C@H]1CCCO1. The molecule has 1 aromatic heterocycles. The zero-order valence-electron chi connectivity index (χ0n) is 16.0. The van der Waals surface area contributed by atoms with Crippen molar-refractivity contribution < 1.29 is 19.0 Å². The number of rotatable bonds is 5. The Bertz CT molecular complexity index is 855. The highest BCUT2D eigenvalue weighted by atomic mass is 16.7. The summed E-state index contributed by atoms with van der Waals surface area (Å²) in [5.41, 5.74) is 4.11. The molecule has 0 radical (unpaired) electrons. The van der Waals surface area contributed by atoms with Crippen molar-refractivity contribution in [2.75, 3.05) is 13.4 Å². The van der Waals surface area contributed by atoms with E-state index in [0.717, 1.165) is 46.9 Å². The average molecular weight is 371 g/mol. The number of hydrogen-bond donors (Lipinski definition) is 0. The van der Waals surface area contributed by atoms with Crippen LogP contribution in [0.5, 0.6) is 11.5 Å². The zero-order valence-corrected chi connectivity index (χ0v) is 16.0. The van der Waals surface area contributed by atoms with Gasteiger partial charge in [-0.15, -0.1) is 0 Å². The van der Waals surface area contributed by atoms with Gasteiger partial charge in [0.15, 0.2) is 11.5 Å². The molecule has 2 aliphatic rings. The first-order valence-corrected chi connectivity index (χ1v) is 9.31. The summed E-state index contributed by atoms with van der Waals surface area (Å²) in [6.45, 7) is 5.91. The molecule has 7 heteroatoms. The third kappa shape index (κ3) is 3.51. The fourth-order valence-corrected chi connectivity index (χ4v) is 3.68. The third-order valence-corrected chi connectivity index (χ3v) is 5.34. The molecule has 0 N–H and O–H groups in total. The number of aromatic nitrogens is 2. The van der Waals surface area contributed by atoms with E-state index in [0.29, 0.717) is 19.7 Å². The monoisotopic (exact) mass is 371 g/mol. The molecule has 0 aliphatic carbocycles. The first-order chi connectivity index (χ1) is 13.0. The van der Waals surface area contributed by atoms with Crippen molar-refractivity contribution in [2.45, 2.75) is 45.9 Å². The number of ether oxygens (including phenoxy) is 3. The smallest absolute Gasteiger partial charge is 0.252 e. The highest BCUT2D eigenvalue weighted by Crippen LogP contribution is 2.33. The molecule has 1 aromatic carbocycles. The van der Waals surface area contributed by atoms with Crippen LogP contribution >= 0.6 is 0 Å². The van der Waals surface area contributed by atoms with Crippen molar-refractivity contribution in [2.24, 2.45) is 7.05 Å². The molecule has 0 bridgehead atoms. The fraction of sp³-hybridized carbons (Fsp3) is 0.500. The summed E-state index contributed by atoms with van der Waals surface area (Å²) in [5, 5.41) is 4.49. The van der Waals surface area contributed by atoms with Gasteiger partial charge in [-0.3, -0.25) is 9.48 Å². The van der Waals surface area contributed by atoms with E-state index < -0.39 is 0 Å². The average Bonchev–Trinajstić information content (AvgIpc) is 3.38. The van der Waals surface area contributed by atoms with Gasteiger partial charge in [0.1, 0.15) is 6.10 Å². The summed E-state index contributed by atoms with van der Waals surface area (Å²) in [6.07, 6.45) is 1.36. The first kappa shape index (κ1) is 17.9. The van der Waals surface area contributed by atoms with Crippen LogP contribution in [-0.4, -0.2) is 40.1 Å². The van der Waals surface area contributed by atoms with E-state index in [2.05, 4.69) is 5.10 Å². The van der Waals surface area contributed by atoms with Gasteiger partial charge in [-0.1, -0.05) is 6.07 Å². The molecule has 1 fully saturated rings. The minimum absolute atomic E-state index is 0.0350. The Kier molecular flexibility index (Phi) is 4.78. The molecule has 3 heterocycles. The summed E-state index contributed by atoms with van der Waals surface area (Å²) in [7, 11) is 1.93. The molecule has 1 saturated heterocycles. The normalized spacial score (nSPS) is 18.1. The number of benzene rings is 1. The molecule has 27 heavy (non-hydrogen) atoms. The van der Waals surface area contributed by atoms with Crippen LogP contribution in [0.3, 0.4) is 0 Å². The number of carbonyl (C=O) groups is 1. The second-order valence-corrected chi connectivity index (χ2v) is 7.16. The topological polar surface area (TPSA) is 65.8 Å². The Morgan fingerprint density at radius 1 is 1.26 bits per heavy atom. The van der Waals surface area contributed by atoms with Crippen LogP contribution < -0.4 is 9.47 Å². The van der Waals surface area contributed by atoms with Gasteiger partial charge in [0.2, 0.25) is 6.79 Å². The molecule has 0 spiro atoms. The maximum Gasteiger partial charge on any atom is 0.252 e. The maximum atomic E-state index is 13.1. The van der Waals surface area contributed by atoms with E-state index in [1.54, 1.807) is 0 Å². The summed E-state index contributed by atoms with van der Waals surface area (Å²) in [4.78, 5) is 15.0. The summed E-state index contributed by atoms with van der Waals surface area (Å²) < 4.78 is 18.4. The zero-order chi connectivity index (χ0) is 19.0. The first-order valence-electron chi connectivity index (χ1n) is 9.31. The molecule has 7 nitrogen and oxygen atoms in total. The Labute approximate surface area is 158 Å². The van der Waals surface area contributed by atoms with Crippen molar-refractivity contribution >= 4 is 5.91 Å². The molecule has 4 rings (SSSR count). The van der Waals surface area contributed by atoms with Crippen molar-refractivity contribution in [3.63, 3.8) is 0 Å². The molecule has 1 amide bonds. The van der Waals surface area contributed by atoms with Crippen molar-refractivity contribution in [1.29, 1.82) is 0 Å². The number of fused-ring (bicyclic) bond motifs is 1. The molecule has 144 valence electrons. The Morgan fingerprint density at radius 3 is 2.78 bits per heavy atom. The number of aryl methyl sites for hydroxylation is 2. The van der Waals surface area contributed by atoms with Gasteiger partial charge in [-0.05, 0) is 44.4 Å². The predicted molar refractivity (Wildman–Crippen MR) is 98.5 cm³/mol. The molecule has 0 unspecified atom stereocenters. The maximum absolute atomic E-state index is 13.1. The lowest BCUT2D eigenvalue weighted by molar-refractivity contribution is -0.142. The number of amides is 1. The minimum Gasteiger partial charge on any atom is -0.454 e. The summed E-state index contributed by atoms with van der Waals surface area (Å²) >= 11 is 0. The van der Waals surface area contributed by atoms with Crippen LogP contribution in [0.4, 0.5) is 0 Å². The fourth-order valence-electron chi connectivity index (χ4n) is 3.68. The Balaban J connectivity index is 1.60. The highest BCUT2D eigenvalue weighted by Gasteiger charge is 2.30. The van der Waals surface area contributed by atoms with Crippen molar-refractivity contribution in [3.8, 4) is 11.5 Å². The van der Waals surface area contributed by atoms with E-state index in [-0.39, 0.29) is 18.8 Å². The lowest BCUT2D eigenvalue weighted by Crippen LogP contribution is -2.38. The van der Waals surface area contributed by atoms with Crippen LogP contribution in [-0.2, 0) is 29.7 Å². The lowest BCUT2D eigenvalue weighted by Gasteiger charge is -2.26. The van der Waals surface area contributed by atoms with Gasteiger partial charge >= 0.3 is 0 Å². The third-order valence-electron chi connectivity index (χ3n) is 5.34. The number of nitrogens with zero attached hydrogens (tertiary/aromatic N) is 3. The van der Waals surface area contributed by atoms with Gasteiger partial charge in [-0.2, -0.15) is 5.10 Å². The van der Waals surface area contributed by atoms with Gasteiger partial charge in [0.25, 0.3) is 5.91 Å². The van der Waals surface area contributed by atoms with Gasteiger partial charge < -0.3 is 19.1 Å². The second-order valence-electron chi connectivity index (χ2n) is 7.16. The largest absolute Gasteiger partial charge is 0.454 e. The molecular formula is C20H25N3O4. The van der Waals surface area contributed by atoms with E-state index in [1.807, 2.05) is 48.7 Å². The molecule has 0 saturated carbocycles. The van der Waals surface area contributed by atoms with E-state index in [4.69, 9.17) is 14.2 Å². The highest BCUT2D eigenvalue weighted by molar-refractivity contribution is 5.81. The Morgan fingerprint density at radius 2 is 2.07 bits per heavy atom.